The maximum absolute atomic E-state index is 13.4. The molecule has 1 amide bonds. The molecule has 2 aliphatic rings. The van der Waals surface area contributed by atoms with Crippen LogP contribution in [0.15, 0.2) is 41.3 Å². The molecule has 2 heterocycles. The zero-order chi connectivity index (χ0) is 24.5. The molecule has 0 N–H and O–H groups in total. The van der Waals surface area contributed by atoms with E-state index < -0.39 is 9.84 Å². The summed E-state index contributed by atoms with van der Waals surface area (Å²) in [5.41, 5.74) is 4.44. The van der Waals surface area contributed by atoms with Crippen molar-refractivity contribution in [2.24, 2.45) is 0 Å². The molecule has 0 saturated carbocycles. The SMILES string of the molecule is Cc1cc(C)cc(N2CCN(C(=O)c3ccc(N4CCCCC4C=O)cc3S(C)(=O)=O)CC2)c1. The van der Waals surface area contributed by atoms with Gasteiger partial charge in [0.1, 0.15) is 6.29 Å². The normalized spacial score (nSPS) is 19.3. The van der Waals surface area contributed by atoms with Gasteiger partial charge in [0.15, 0.2) is 9.84 Å². The predicted molar refractivity (Wildman–Crippen MR) is 135 cm³/mol. The summed E-state index contributed by atoms with van der Waals surface area (Å²) in [6.45, 7) is 7.28. The monoisotopic (exact) mass is 483 g/mol. The Hall–Kier alpha value is -2.87. The Labute approximate surface area is 202 Å². The predicted octanol–water partition coefficient (Wildman–Crippen LogP) is 3.23. The molecule has 2 fully saturated rings. The molecule has 8 heteroatoms. The number of benzene rings is 2. The average Bonchev–Trinajstić information content (AvgIpc) is 2.82. The highest BCUT2D eigenvalue weighted by molar-refractivity contribution is 7.90. The van der Waals surface area contributed by atoms with E-state index in [1.807, 2.05) is 4.90 Å². The van der Waals surface area contributed by atoms with E-state index in [9.17, 15) is 18.0 Å². The van der Waals surface area contributed by atoms with Crippen LogP contribution >= 0.6 is 0 Å². The molecule has 2 aromatic carbocycles. The summed E-state index contributed by atoms with van der Waals surface area (Å²) in [7, 11) is -3.64. The van der Waals surface area contributed by atoms with Gasteiger partial charge in [0.25, 0.3) is 5.91 Å². The number of aldehydes is 1. The molecule has 1 atom stereocenters. The van der Waals surface area contributed by atoms with E-state index in [2.05, 4.69) is 36.9 Å². The fraction of sp³-hybridized carbons (Fsp3) is 0.462. The first-order valence-electron chi connectivity index (χ1n) is 11.9. The van der Waals surface area contributed by atoms with Crippen LogP contribution in [0.25, 0.3) is 0 Å². The van der Waals surface area contributed by atoms with Gasteiger partial charge in [-0.25, -0.2) is 8.42 Å². The first kappa shape index (κ1) is 24.3. The van der Waals surface area contributed by atoms with Gasteiger partial charge >= 0.3 is 0 Å². The minimum absolute atomic E-state index is 0.0296. The Morgan fingerprint density at radius 3 is 2.21 bits per heavy atom. The number of anilines is 2. The molecule has 0 spiro atoms. The molecule has 1 unspecified atom stereocenters. The number of hydrogen-bond donors (Lipinski definition) is 0. The Morgan fingerprint density at radius 2 is 1.59 bits per heavy atom. The topological polar surface area (TPSA) is 78.0 Å². The van der Waals surface area contributed by atoms with Crippen molar-refractivity contribution in [3.05, 3.63) is 53.1 Å². The van der Waals surface area contributed by atoms with E-state index in [4.69, 9.17) is 0 Å². The quantitative estimate of drug-likeness (QED) is 0.608. The highest BCUT2D eigenvalue weighted by atomic mass is 32.2. The molecule has 182 valence electrons. The summed E-state index contributed by atoms with van der Waals surface area (Å²) >= 11 is 0. The first-order valence-corrected chi connectivity index (χ1v) is 13.7. The van der Waals surface area contributed by atoms with Crippen molar-refractivity contribution in [3.8, 4) is 0 Å². The van der Waals surface area contributed by atoms with Crippen molar-refractivity contribution in [3.63, 3.8) is 0 Å². The lowest BCUT2D eigenvalue weighted by Gasteiger charge is -2.37. The molecule has 34 heavy (non-hydrogen) atoms. The Bertz CT molecular complexity index is 1170. The molecular weight excluding hydrogens is 450 g/mol. The van der Waals surface area contributed by atoms with E-state index in [0.717, 1.165) is 37.5 Å². The average molecular weight is 484 g/mol. The number of piperazine rings is 1. The van der Waals surface area contributed by atoms with Crippen LogP contribution in [0, 0.1) is 13.8 Å². The molecule has 2 saturated heterocycles. The van der Waals surface area contributed by atoms with E-state index in [1.165, 1.54) is 11.1 Å². The van der Waals surface area contributed by atoms with E-state index in [-0.39, 0.29) is 22.4 Å². The molecule has 2 aliphatic heterocycles. The van der Waals surface area contributed by atoms with Crippen molar-refractivity contribution in [1.29, 1.82) is 0 Å². The van der Waals surface area contributed by atoms with Crippen molar-refractivity contribution in [2.45, 2.75) is 44.0 Å². The molecule has 7 nitrogen and oxygen atoms in total. The second kappa shape index (κ2) is 9.78. The first-order chi connectivity index (χ1) is 16.2. The Morgan fingerprint density at radius 1 is 0.912 bits per heavy atom. The largest absolute Gasteiger partial charge is 0.368 e. The lowest BCUT2D eigenvalue weighted by atomic mass is 10.0. The number of hydrogen-bond acceptors (Lipinski definition) is 6. The molecule has 4 rings (SSSR count). The summed E-state index contributed by atoms with van der Waals surface area (Å²) in [5.74, 6) is -0.266. The van der Waals surface area contributed by atoms with Crippen LogP contribution in [0.1, 0.15) is 40.7 Å². The van der Waals surface area contributed by atoms with Gasteiger partial charge in [-0.05, 0) is 74.6 Å². The van der Waals surface area contributed by atoms with Gasteiger partial charge in [0, 0.05) is 50.4 Å². The minimum Gasteiger partial charge on any atom is -0.368 e. The summed E-state index contributed by atoms with van der Waals surface area (Å²) < 4.78 is 25.3. The number of carbonyl (C=O) groups excluding carboxylic acids is 2. The number of sulfone groups is 1. The van der Waals surface area contributed by atoms with Gasteiger partial charge in [0.2, 0.25) is 0 Å². The number of nitrogens with zero attached hydrogens (tertiary/aromatic N) is 3. The smallest absolute Gasteiger partial charge is 0.255 e. The molecule has 0 radical (unpaired) electrons. The third-order valence-corrected chi connectivity index (χ3v) is 7.91. The summed E-state index contributed by atoms with van der Waals surface area (Å²) in [5, 5.41) is 0. The van der Waals surface area contributed by atoms with E-state index in [1.54, 1.807) is 23.1 Å². The van der Waals surface area contributed by atoms with Crippen molar-refractivity contribution in [1.82, 2.24) is 4.90 Å². The van der Waals surface area contributed by atoms with E-state index in [0.29, 0.717) is 38.4 Å². The number of amides is 1. The molecular formula is C26H33N3O4S. The zero-order valence-electron chi connectivity index (χ0n) is 20.2. The Kier molecular flexibility index (Phi) is 6.98. The highest BCUT2D eigenvalue weighted by Gasteiger charge is 2.29. The highest BCUT2D eigenvalue weighted by Crippen LogP contribution is 2.29. The number of piperidine rings is 1. The van der Waals surface area contributed by atoms with Gasteiger partial charge in [-0.15, -0.1) is 0 Å². The number of aryl methyl sites for hydroxylation is 2. The standard InChI is InChI=1S/C26H33N3O4S/c1-19-14-20(2)16-23(15-19)27-10-12-28(13-11-27)26(31)24-8-7-21(17-25(24)34(3,32)33)29-9-5-4-6-22(29)18-30/h7-8,14-18,22H,4-6,9-13H2,1-3H3. The van der Waals surface area contributed by atoms with Gasteiger partial charge in [0.05, 0.1) is 16.5 Å². The van der Waals surface area contributed by atoms with Gasteiger partial charge in [-0.2, -0.15) is 0 Å². The lowest BCUT2D eigenvalue weighted by Crippen LogP contribution is -2.49. The summed E-state index contributed by atoms with van der Waals surface area (Å²) in [6, 6.07) is 11.1. The van der Waals surface area contributed by atoms with Crippen LogP contribution in [0.5, 0.6) is 0 Å². The third-order valence-electron chi connectivity index (χ3n) is 6.77. The molecule has 0 aliphatic carbocycles. The fourth-order valence-corrected chi connectivity index (χ4v) is 5.95. The molecule has 0 aromatic heterocycles. The van der Waals surface area contributed by atoms with Crippen molar-refractivity contribution >= 4 is 33.4 Å². The maximum Gasteiger partial charge on any atom is 0.255 e. The van der Waals surface area contributed by atoms with Gasteiger partial charge in [-0.1, -0.05) is 6.07 Å². The van der Waals surface area contributed by atoms with Crippen molar-refractivity contribution in [2.75, 3.05) is 48.8 Å². The van der Waals surface area contributed by atoms with Crippen molar-refractivity contribution < 1.29 is 18.0 Å². The Balaban J connectivity index is 1.55. The van der Waals surface area contributed by atoms with E-state index >= 15 is 0 Å². The third kappa shape index (κ3) is 5.12. The maximum atomic E-state index is 13.4. The minimum atomic E-state index is -3.64. The summed E-state index contributed by atoms with van der Waals surface area (Å²) in [4.78, 5) is 30.9. The van der Waals surface area contributed by atoms with Gasteiger partial charge in [-0.3, -0.25) is 4.79 Å². The van der Waals surface area contributed by atoms with Crippen LogP contribution in [-0.4, -0.2) is 70.5 Å². The van der Waals surface area contributed by atoms with Crippen LogP contribution in [0.3, 0.4) is 0 Å². The lowest BCUT2D eigenvalue weighted by molar-refractivity contribution is -0.109. The molecule has 2 aromatic rings. The molecule has 0 bridgehead atoms. The van der Waals surface area contributed by atoms with Crippen LogP contribution in [0.4, 0.5) is 11.4 Å². The number of carbonyl (C=O) groups is 2. The fourth-order valence-electron chi connectivity index (χ4n) is 5.06. The van der Waals surface area contributed by atoms with Gasteiger partial charge < -0.3 is 19.5 Å². The summed E-state index contributed by atoms with van der Waals surface area (Å²) in [6.07, 6.45) is 4.73. The van der Waals surface area contributed by atoms with Crippen LogP contribution < -0.4 is 9.80 Å². The van der Waals surface area contributed by atoms with Crippen LogP contribution in [-0.2, 0) is 14.6 Å². The number of rotatable bonds is 5. The zero-order valence-corrected chi connectivity index (χ0v) is 21.0. The second-order valence-electron chi connectivity index (χ2n) is 9.47. The van der Waals surface area contributed by atoms with Crippen LogP contribution in [0.2, 0.25) is 0 Å². The second-order valence-corrected chi connectivity index (χ2v) is 11.5.